The van der Waals surface area contributed by atoms with Crippen LogP contribution >= 0.6 is 0 Å². The van der Waals surface area contributed by atoms with Crippen LogP contribution in [0.5, 0.6) is 0 Å². The zero-order chi connectivity index (χ0) is 25.6. The molecule has 0 aliphatic carbocycles. The van der Waals surface area contributed by atoms with Gasteiger partial charge in [0.25, 0.3) is 10.1 Å². The topological polar surface area (TPSA) is 158 Å². The van der Waals surface area contributed by atoms with E-state index in [-0.39, 0.29) is 4.90 Å². The van der Waals surface area contributed by atoms with E-state index in [9.17, 15) is 27.6 Å². The Morgan fingerprint density at radius 1 is 0.765 bits per heavy atom. The summed E-state index contributed by atoms with van der Waals surface area (Å²) in [6.07, 6.45) is -7.50. The van der Waals surface area contributed by atoms with Crippen LogP contribution in [0, 0.1) is 6.92 Å². The summed E-state index contributed by atoms with van der Waals surface area (Å²) < 4.78 is 56.6. The number of rotatable bonds is 8. The highest BCUT2D eigenvalue weighted by molar-refractivity contribution is 7.86. The first-order chi connectivity index (χ1) is 15.8. The smallest absolute Gasteiger partial charge is 0.305 e. The highest BCUT2D eigenvalue weighted by Crippen LogP contribution is 2.30. The average molecular weight is 502 g/mol. The van der Waals surface area contributed by atoms with Crippen molar-refractivity contribution < 1.29 is 55.5 Å². The van der Waals surface area contributed by atoms with Crippen LogP contribution in [0.1, 0.15) is 33.3 Å². The molecule has 0 radical (unpaired) electrons. The van der Waals surface area contributed by atoms with E-state index in [1.54, 1.807) is 19.1 Å². The number of hydrogen-bond donors (Lipinski definition) is 0. The van der Waals surface area contributed by atoms with Crippen LogP contribution in [0.25, 0.3) is 0 Å². The molecular weight excluding hydrogens is 476 g/mol. The minimum atomic E-state index is -4.26. The maximum Gasteiger partial charge on any atom is 0.305 e. The molecule has 1 aromatic carbocycles. The van der Waals surface area contributed by atoms with E-state index < -0.39 is 71.3 Å². The third-order valence-electron chi connectivity index (χ3n) is 4.48. The largest absolute Gasteiger partial charge is 0.456 e. The van der Waals surface area contributed by atoms with Crippen molar-refractivity contribution in [2.45, 2.75) is 70.2 Å². The summed E-state index contributed by atoms with van der Waals surface area (Å²) >= 11 is 0. The van der Waals surface area contributed by atoms with Crippen molar-refractivity contribution >= 4 is 34.0 Å². The number of benzene rings is 1. The predicted octanol–water partition coefficient (Wildman–Crippen LogP) is 0.783. The zero-order valence-corrected chi connectivity index (χ0v) is 20.0. The molecule has 1 aliphatic rings. The van der Waals surface area contributed by atoms with Crippen molar-refractivity contribution in [3.8, 4) is 0 Å². The fourth-order valence-electron chi connectivity index (χ4n) is 3.18. The van der Waals surface area contributed by atoms with Crippen molar-refractivity contribution in [3.05, 3.63) is 29.8 Å². The second-order valence-electron chi connectivity index (χ2n) is 7.43. The molecule has 1 fully saturated rings. The number of hydrogen-bond acceptors (Lipinski definition) is 12. The van der Waals surface area contributed by atoms with Crippen LogP contribution < -0.4 is 0 Å². The first-order valence-corrected chi connectivity index (χ1v) is 11.5. The molecule has 0 N–H and O–H groups in total. The van der Waals surface area contributed by atoms with Gasteiger partial charge >= 0.3 is 23.9 Å². The molecule has 0 saturated carbocycles. The summed E-state index contributed by atoms with van der Waals surface area (Å²) in [5, 5.41) is 0. The van der Waals surface area contributed by atoms with Gasteiger partial charge in [0.05, 0.1) is 11.5 Å². The van der Waals surface area contributed by atoms with Gasteiger partial charge in [0, 0.05) is 27.7 Å². The lowest BCUT2D eigenvalue weighted by atomic mass is 9.98. The first-order valence-electron chi connectivity index (χ1n) is 10.1. The molecule has 1 saturated heterocycles. The van der Waals surface area contributed by atoms with Crippen molar-refractivity contribution in [3.63, 3.8) is 0 Å². The Morgan fingerprint density at radius 2 is 1.24 bits per heavy atom. The number of aryl methyl sites for hydroxylation is 1. The minimum Gasteiger partial charge on any atom is -0.456 e. The summed E-state index contributed by atoms with van der Waals surface area (Å²) in [6, 6.07) is 5.84. The van der Waals surface area contributed by atoms with Crippen molar-refractivity contribution in [1.29, 1.82) is 0 Å². The molecule has 2 rings (SSSR count). The molecular formula is C21H26O12S. The van der Waals surface area contributed by atoms with E-state index in [2.05, 4.69) is 0 Å². The fraction of sp³-hybridized carbons (Fsp3) is 0.524. The van der Waals surface area contributed by atoms with Gasteiger partial charge in [0.1, 0.15) is 6.10 Å². The highest BCUT2D eigenvalue weighted by atomic mass is 32.2. The average Bonchev–Trinajstić information content (AvgIpc) is 2.70. The summed E-state index contributed by atoms with van der Waals surface area (Å²) in [7, 11) is -4.26. The second kappa shape index (κ2) is 11.4. The summed E-state index contributed by atoms with van der Waals surface area (Å²) in [5.41, 5.74) is 0.828. The number of ether oxygens (including phenoxy) is 5. The Hall–Kier alpha value is -3.03. The SMILES string of the molecule is CC(=O)O[C@@H]1O[C@H](COS(=O)(=O)c2ccc(C)cc2)[C@@H](OC(C)=O)[C@H](OC(C)=O)[C@@H]1OC(C)=O. The summed E-state index contributed by atoms with van der Waals surface area (Å²) in [5.74, 6) is -3.33. The molecule has 34 heavy (non-hydrogen) atoms. The number of esters is 4. The molecule has 188 valence electrons. The van der Waals surface area contributed by atoms with Crippen LogP contribution in [0.4, 0.5) is 0 Å². The molecule has 1 aromatic rings. The maximum atomic E-state index is 12.6. The van der Waals surface area contributed by atoms with Crippen LogP contribution in [0.2, 0.25) is 0 Å². The van der Waals surface area contributed by atoms with Crippen LogP contribution in [0.3, 0.4) is 0 Å². The van der Waals surface area contributed by atoms with Crippen LogP contribution in [-0.2, 0) is 57.2 Å². The molecule has 0 spiro atoms. The molecule has 1 heterocycles. The Balaban J connectivity index is 2.40. The van der Waals surface area contributed by atoms with Gasteiger partial charge in [0.15, 0.2) is 12.2 Å². The van der Waals surface area contributed by atoms with Gasteiger partial charge < -0.3 is 23.7 Å². The van der Waals surface area contributed by atoms with E-state index in [1.807, 2.05) is 0 Å². The molecule has 0 aromatic heterocycles. The van der Waals surface area contributed by atoms with Gasteiger partial charge in [-0.3, -0.25) is 23.4 Å². The van der Waals surface area contributed by atoms with Gasteiger partial charge in [-0.25, -0.2) is 0 Å². The summed E-state index contributed by atoms with van der Waals surface area (Å²) in [4.78, 5) is 46.6. The van der Waals surface area contributed by atoms with Gasteiger partial charge in [-0.05, 0) is 19.1 Å². The molecule has 13 heteroatoms. The van der Waals surface area contributed by atoms with Gasteiger partial charge in [-0.15, -0.1) is 0 Å². The molecule has 1 aliphatic heterocycles. The van der Waals surface area contributed by atoms with Crippen LogP contribution in [-0.4, -0.2) is 69.6 Å². The van der Waals surface area contributed by atoms with Gasteiger partial charge in [0.2, 0.25) is 12.4 Å². The Morgan fingerprint density at radius 3 is 1.74 bits per heavy atom. The van der Waals surface area contributed by atoms with Crippen molar-refractivity contribution in [2.75, 3.05) is 6.61 Å². The van der Waals surface area contributed by atoms with E-state index in [4.69, 9.17) is 27.9 Å². The Bertz CT molecular complexity index is 1020. The lowest BCUT2D eigenvalue weighted by Crippen LogP contribution is -2.63. The second-order valence-corrected chi connectivity index (χ2v) is 9.04. The van der Waals surface area contributed by atoms with Crippen molar-refractivity contribution in [2.24, 2.45) is 0 Å². The summed E-state index contributed by atoms with van der Waals surface area (Å²) in [6.45, 7) is 5.29. The Kier molecular flexibility index (Phi) is 9.13. The van der Waals surface area contributed by atoms with Crippen molar-refractivity contribution in [1.82, 2.24) is 0 Å². The van der Waals surface area contributed by atoms with E-state index in [0.717, 1.165) is 33.3 Å². The highest BCUT2D eigenvalue weighted by Gasteiger charge is 2.53. The predicted molar refractivity (Wildman–Crippen MR) is 111 cm³/mol. The normalized spacial score (nSPS) is 24.6. The van der Waals surface area contributed by atoms with Gasteiger partial charge in [-0.1, -0.05) is 17.7 Å². The molecule has 12 nitrogen and oxygen atoms in total. The number of carbonyl (C=O) groups is 4. The van der Waals surface area contributed by atoms with E-state index >= 15 is 0 Å². The first kappa shape index (κ1) is 27.2. The number of carbonyl (C=O) groups excluding carboxylic acids is 4. The molecule has 5 atom stereocenters. The molecule has 0 amide bonds. The monoisotopic (exact) mass is 502 g/mol. The van der Waals surface area contributed by atoms with E-state index in [0.29, 0.717) is 0 Å². The quantitative estimate of drug-likeness (QED) is 0.280. The fourth-order valence-corrected chi connectivity index (χ4v) is 4.10. The lowest BCUT2D eigenvalue weighted by molar-refractivity contribution is -0.298. The lowest BCUT2D eigenvalue weighted by Gasteiger charge is -2.43. The third kappa shape index (κ3) is 7.50. The standard InChI is InChI=1S/C21H26O12S/c1-11-6-8-16(9-7-11)34(26,27)28-10-17-18(29-12(2)22)19(30-13(3)23)20(31-14(4)24)21(33-17)32-15(5)25/h6-9,17-21H,10H2,1-5H3/t17-,18-,19+,20+,21-/m1/s1. The van der Waals surface area contributed by atoms with Crippen LogP contribution in [0.15, 0.2) is 29.2 Å². The third-order valence-corrected chi connectivity index (χ3v) is 5.77. The zero-order valence-electron chi connectivity index (χ0n) is 19.2. The van der Waals surface area contributed by atoms with Gasteiger partial charge in [-0.2, -0.15) is 8.42 Å². The Labute approximate surface area is 196 Å². The molecule has 0 unspecified atom stereocenters. The maximum absolute atomic E-state index is 12.6. The van der Waals surface area contributed by atoms with E-state index in [1.165, 1.54) is 12.1 Å². The minimum absolute atomic E-state index is 0.135. The molecule has 0 bridgehead atoms.